The van der Waals surface area contributed by atoms with Crippen molar-refractivity contribution in [2.75, 3.05) is 12.9 Å². The Balaban J connectivity index is 1.75. The molecule has 2 aromatic carbocycles. The molecule has 1 N–H and O–H groups in total. The molecule has 0 atom stereocenters. The highest BCUT2D eigenvalue weighted by molar-refractivity contribution is 7.90. The summed E-state index contributed by atoms with van der Waals surface area (Å²) < 4.78 is 28.7. The molecule has 0 unspecified atom stereocenters. The predicted molar refractivity (Wildman–Crippen MR) is 112 cm³/mol. The van der Waals surface area contributed by atoms with E-state index < -0.39 is 9.84 Å². The number of sulfone groups is 1. The van der Waals surface area contributed by atoms with Crippen LogP contribution in [-0.2, 0) is 16.4 Å². The molecule has 7 heteroatoms. The van der Waals surface area contributed by atoms with E-state index in [1.807, 2.05) is 43.3 Å². The van der Waals surface area contributed by atoms with Crippen molar-refractivity contribution in [1.82, 2.24) is 5.32 Å². The third-order valence-corrected chi connectivity index (χ3v) is 6.36. The first-order valence-corrected chi connectivity index (χ1v) is 11.5. The fraction of sp³-hybridized carbons (Fsp3) is 0.190. The molecule has 3 aromatic rings. The lowest BCUT2D eigenvalue weighted by atomic mass is 10.2. The van der Waals surface area contributed by atoms with Gasteiger partial charge in [0.15, 0.2) is 9.84 Å². The molecule has 146 valence electrons. The Morgan fingerprint density at radius 1 is 1.07 bits per heavy atom. The molecule has 0 spiro atoms. The number of nitrogens with one attached hydrogen (secondary N) is 1. The molecule has 28 heavy (non-hydrogen) atoms. The summed E-state index contributed by atoms with van der Waals surface area (Å²) in [6.45, 7) is 2.65. The van der Waals surface area contributed by atoms with Crippen molar-refractivity contribution in [1.29, 1.82) is 0 Å². The highest BCUT2D eigenvalue weighted by Gasteiger charge is 2.18. The number of carbonyl (C=O) groups excluding carboxylic acids is 1. The molecular formula is C21H21NO4S2. The first-order chi connectivity index (χ1) is 13.4. The van der Waals surface area contributed by atoms with Crippen LogP contribution in [0.25, 0.3) is 10.4 Å². The number of amides is 1. The second-order valence-electron chi connectivity index (χ2n) is 6.20. The van der Waals surface area contributed by atoms with Gasteiger partial charge in [0.25, 0.3) is 5.91 Å². The van der Waals surface area contributed by atoms with E-state index in [1.165, 1.54) is 17.6 Å². The van der Waals surface area contributed by atoms with Crippen LogP contribution in [0.2, 0.25) is 0 Å². The fourth-order valence-corrected chi connectivity index (χ4v) is 4.31. The van der Waals surface area contributed by atoms with Gasteiger partial charge in [0.05, 0.1) is 11.5 Å². The van der Waals surface area contributed by atoms with Crippen LogP contribution in [0.3, 0.4) is 0 Å². The van der Waals surface area contributed by atoms with E-state index in [2.05, 4.69) is 5.32 Å². The topological polar surface area (TPSA) is 72.5 Å². The van der Waals surface area contributed by atoms with Crippen LogP contribution in [0.15, 0.2) is 65.6 Å². The van der Waals surface area contributed by atoms with Crippen molar-refractivity contribution in [3.63, 3.8) is 0 Å². The predicted octanol–water partition coefficient (Wildman–Crippen LogP) is 4.15. The monoisotopic (exact) mass is 415 g/mol. The smallest absolute Gasteiger partial charge is 0.265 e. The zero-order chi connectivity index (χ0) is 20.1. The van der Waals surface area contributed by atoms with E-state index in [4.69, 9.17) is 4.74 Å². The van der Waals surface area contributed by atoms with Gasteiger partial charge in [-0.2, -0.15) is 0 Å². The quantitative estimate of drug-likeness (QED) is 0.629. The molecule has 0 saturated carbocycles. The molecule has 3 rings (SSSR count). The summed E-state index contributed by atoms with van der Waals surface area (Å²) in [6, 6.07) is 18.2. The number of rotatable bonds is 7. The highest BCUT2D eigenvalue weighted by Crippen LogP contribution is 2.36. The van der Waals surface area contributed by atoms with Crippen LogP contribution < -0.4 is 10.1 Å². The van der Waals surface area contributed by atoms with Gasteiger partial charge in [0.1, 0.15) is 10.6 Å². The standard InChI is InChI=1S/C21H21NO4S2/c1-3-26-18-13-19(16-7-5-4-6-8-16)27-20(18)21(23)22-14-15-9-11-17(12-10-15)28(2,24)25/h4-13H,3,14H2,1-2H3,(H,22,23). The zero-order valence-electron chi connectivity index (χ0n) is 15.6. The lowest BCUT2D eigenvalue weighted by Crippen LogP contribution is -2.22. The summed E-state index contributed by atoms with van der Waals surface area (Å²) in [7, 11) is -3.23. The van der Waals surface area contributed by atoms with Gasteiger partial charge in [-0.1, -0.05) is 42.5 Å². The van der Waals surface area contributed by atoms with Crippen LogP contribution in [0, 0.1) is 0 Å². The summed E-state index contributed by atoms with van der Waals surface area (Å²) >= 11 is 1.39. The van der Waals surface area contributed by atoms with Gasteiger partial charge in [0, 0.05) is 17.7 Å². The third-order valence-electron chi connectivity index (χ3n) is 4.07. The second kappa shape index (κ2) is 8.58. The van der Waals surface area contributed by atoms with Crippen LogP contribution in [-0.4, -0.2) is 27.2 Å². The number of ether oxygens (including phenoxy) is 1. The normalized spacial score (nSPS) is 11.2. The number of benzene rings is 2. The van der Waals surface area contributed by atoms with E-state index in [9.17, 15) is 13.2 Å². The molecule has 1 aromatic heterocycles. The van der Waals surface area contributed by atoms with Crippen molar-refractivity contribution in [2.45, 2.75) is 18.4 Å². The minimum atomic E-state index is -3.23. The minimum Gasteiger partial charge on any atom is -0.492 e. The maximum absolute atomic E-state index is 12.7. The van der Waals surface area contributed by atoms with Gasteiger partial charge in [-0.25, -0.2) is 8.42 Å². The van der Waals surface area contributed by atoms with Gasteiger partial charge in [0.2, 0.25) is 0 Å². The number of hydrogen-bond acceptors (Lipinski definition) is 5. The molecule has 0 radical (unpaired) electrons. The number of carbonyl (C=O) groups is 1. The SMILES string of the molecule is CCOc1cc(-c2ccccc2)sc1C(=O)NCc1ccc(S(C)(=O)=O)cc1. The van der Waals surface area contributed by atoms with Gasteiger partial charge in [-0.3, -0.25) is 4.79 Å². The summed E-state index contributed by atoms with van der Waals surface area (Å²) in [5.41, 5.74) is 1.85. The Kier molecular flexibility index (Phi) is 6.16. The molecule has 0 aliphatic heterocycles. The van der Waals surface area contributed by atoms with Gasteiger partial charge < -0.3 is 10.1 Å². The van der Waals surface area contributed by atoms with Crippen LogP contribution in [0.4, 0.5) is 0 Å². The summed E-state index contributed by atoms with van der Waals surface area (Å²) in [5.74, 6) is 0.346. The molecule has 0 bridgehead atoms. The van der Waals surface area contributed by atoms with Crippen LogP contribution >= 0.6 is 11.3 Å². The van der Waals surface area contributed by atoms with Crippen molar-refractivity contribution in [2.24, 2.45) is 0 Å². The molecular weight excluding hydrogens is 394 g/mol. The Morgan fingerprint density at radius 3 is 2.36 bits per heavy atom. The molecule has 0 saturated heterocycles. The van der Waals surface area contributed by atoms with Gasteiger partial charge >= 0.3 is 0 Å². The van der Waals surface area contributed by atoms with E-state index in [0.717, 1.165) is 16.0 Å². The molecule has 1 amide bonds. The molecule has 0 aliphatic carbocycles. The maximum Gasteiger partial charge on any atom is 0.265 e. The van der Waals surface area contributed by atoms with Crippen LogP contribution in [0.5, 0.6) is 5.75 Å². The van der Waals surface area contributed by atoms with Crippen LogP contribution in [0.1, 0.15) is 22.2 Å². The van der Waals surface area contributed by atoms with Crippen molar-refractivity contribution >= 4 is 27.1 Å². The molecule has 1 heterocycles. The lowest BCUT2D eigenvalue weighted by Gasteiger charge is -2.07. The average Bonchev–Trinajstić information content (AvgIpc) is 3.11. The maximum atomic E-state index is 12.7. The van der Waals surface area contributed by atoms with E-state index in [0.29, 0.717) is 23.8 Å². The molecule has 0 fully saturated rings. The average molecular weight is 416 g/mol. The minimum absolute atomic E-state index is 0.220. The van der Waals surface area contributed by atoms with Crippen molar-refractivity contribution in [3.05, 3.63) is 71.1 Å². The van der Waals surface area contributed by atoms with E-state index in [1.54, 1.807) is 24.3 Å². The van der Waals surface area contributed by atoms with Crippen molar-refractivity contribution in [3.8, 4) is 16.2 Å². The van der Waals surface area contributed by atoms with E-state index in [-0.39, 0.29) is 10.8 Å². The second-order valence-corrected chi connectivity index (χ2v) is 9.27. The largest absolute Gasteiger partial charge is 0.492 e. The number of thiophene rings is 1. The third kappa shape index (κ3) is 4.79. The Hall–Kier alpha value is -2.64. The van der Waals surface area contributed by atoms with Gasteiger partial charge in [-0.15, -0.1) is 11.3 Å². The summed E-state index contributed by atoms with van der Waals surface area (Å²) in [5, 5.41) is 2.88. The first kappa shape index (κ1) is 20.1. The summed E-state index contributed by atoms with van der Waals surface area (Å²) in [4.78, 5) is 14.5. The summed E-state index contributed by atoms with van der Waals surface area (Å²) in [6.07, 6.45) is 1.17. The van der Waals surface area contributed by atoms with Gasteiger partial charge in [-0.05, 0) is 36.2 Å². The van der Waals surface area contributed by atoms with Crippen molar-refractivity contribution < 1.29 is 17.9 Å². The lowest BCUT2D eigenvalue weighted by molar-refractivity contribution is 0.0951. The Bertz CT molecular complexity index is 1060. The molecule has 5 nitrogen and oxygen atoms in total. The first-order valence-electron chi connectivity index (χ1n) is 8.77. The fourth-order valence-electron chi connectivity index (χ4n) is 2.66. The Labute approximate surface area is 168 Å². The Morgan fingerprint density at radius 2 is 1.75 bits per heavy atom. The molecule has 0 aliphatic rings. The number of hydrogen-bond donors (Lipinski definition) is 1. The highest BCUT2D eigenvalue weighted by atomic mass is 32.2. The van der Waals surface area contributed by atoms with E-state index >= 15 is 0 Å². The zero-order valence-corrected chi connectivity index (χ0v) is 17.3.